The lowest BCUT2D eigenvalue weighted by molar-refractivity contribution is -0.119. The molecule has 0 heterocycles. The first-order chi connectivity index (χ1) is 10.7. The van der Waals surface area contributed by atoms with Crippen LogP contribution < -0.4 is 15.5 Å². The minimum absolute atomic E-state index is 0.159. The fraction of sp³-hybridized carbons (Fsp3) is 0.176. The van der Waals surface area contributed by atoms with Crippen molar-refractivity contribution in [2.24, 2.45) is 5.10 Å². The maximum absolute atomic E-state index is 11.7. The van der Waals surface area contributed by atoms with E-state index in [1.807, 2.05) is 55.5 Å². The molecule has 0 fully saturated rings. The van der Waals surface area contributed by atoms with Gasteiger partial charge >= 0.3 is 0 Å². The Morgan fingerprint density at radius 1 is 1.18 bits per heavy atom. The molecule has 0 saturated heterocycles. The fourth-order valence-corrected chi connectivity index (χ4v) is 1.84. The molecule has 114 valence electrons. The minimum atomic E-state index is -0.216. The smallest absolute Gasteiger partial charge is 0.259 e. The summed E-state index contributed by atoms with van der Waals surface area (Å²) >= 11 is 0. The molecular formula is C17H19N3O2. The lowest BCUT2D eigenvalue weighted by Crippen LogP contribution is -2.25. The van der Waals surface area contributed by atoms with Crippen LogP contribution in [-0.4, -0.2) is 25.8 Å². The van der Waals surface area contributed by atoms with Crippen molar-refractivity contribution in [2.45, 2.75) is 6.92 Å². The van der Waals surface area contributed by atoms with Gasteiger partial charge in [0.25, 0.3) is 5.91 Å². The van der Waals surface area contributed by atoms with Gasteiger partial charge < -0.3 is 10.1 Å². The average Bonchev–Trinajstić information content (AvgIpc) is 2.55. The van der Waals surface area contributed by atoms with Gasteiger partial charge in [0.05, 0.1) is 19.9 Å². The Morgan fingerprint density at radius 3 is 2.64 bits per heavy atom. The van der Waals surface area contributed by atoms with Crippen LogP contribution in [0.2, 0.25) is 0 Å². The van der Waals surface area contributed by atoms with Crippen LogP contribution in [0.4, 0.5) is 5.69 Å². The Hall–Kier alpha value is -2.82. The van der Waals surface area contributed by atoms with E-state index in [0.29, 0.717) is 5.75 Å². The summed E-state index contributed by atoms with van der Waals surface area (Å²) in [6, 6.07) is 15.3. The summed E-state index contributed by atoms with van der Waals surface area (Å²) in [6.45, 7) is 2.18. The number of benzene rings is 2. The fourth-order valence-electron chi connectivity index (χ4n) is 1.84. The molecule has 2 rings (SSSR count). The van der Waals surface area contributed by atoms with Crippen LogP contribution in [0.15, 0.2) is 53.6 Å². The number of carbonyl (C=O) groups is 1. The lowest BCUT2D eigenvalue weighted by atomic mass is 10.2. The Kier molecular flexibility index (Phi) is 5.54. The summed E-state index contributed by atoms with van der Waals surface area (Å²) in [5.74, 6) is 0.491. The summed E-state index contributed by atoms with van der Waals surface area (Å²) in [5, 5.41) is 6.96. The van der Waals surface area contributed by atoms with Crippen LogP contribution in [0.5, 0.6) is 5.75 Å². The van der Waals surface area contributed by atoms with Gasteiger partial charge in [-0.05, 0) is 31.2 Å². The molecule has 0 aliphatic rings. The average molecular weight is 297 g/mol. The van der Waals surface area contributed by atoms with Crippen molar-refractivity contribution >= 4 is 17.8 Å². The van der Waals surface area contributed by atoms with Gasteiger partial charge in [-0.15, -0.1) is 0 Å². The molecule has 0 aromatic heterocycles. The van der Waals surface area contributed by atoms with Crippen LogP contribution in [0.3, 0.4) is 0 Å². The summed E-state index contributed by atoms with van der Waals surface area (Å²) in [5.41, 5.74) is 5.35. The van der Waals surface area contributed by atoms with Crippen molar-refractivity contribution in [1.82, 2.24) is 5.43 Å². The first kappa shape index (κ1) is 15.6. The highest BCUT2D eigenvalue weighted by Gasteiger charge is 2.00. The van der Waals surface area contributed by atoms with Crippen molar-refractivity contribution < 1.29 is 9.53 Å². The van der Waals surface area contributed by atoms with Crippen LogP contribution in [0, 0.1) is 6.92 Å². The van der Waals surface area contributed by atoms with Crippen LogP contribution in [0.1, 0.15) is 11.1 Å². The molecule has 0 aliphatic heterocycles. The van der Waals surface area contributed by atoms with E-state index < -0.39 is 0 Å². The molecule has 2 aromatic rings. The summed E-state index contributed by atoms with van der Waals surface area (Å²) in [7, 11) is 1.59. The van der Waals surface area contributed by atoms with E-state index in [1.54, 1.807) is 13.3 Å². The van der Waals surface area contributed by atoms with Gasteiger partial charge in [-0.25, -0.2) is 5.43 Å². The predicted molar refractivity (Wildman–Crippen MR) is 88.4 cm³/mol. The number of hydrazone groups is 1. The zero-order chi connectivity index (χ0) is 15.8. The Balaban J connectivity index is 1.82. The van der Waals surface area contributed by atoms with Crippen LogP contribution in [-0.2, 0) is 4.79 Å². The number of ether oxygens (including phenoxy) is 1. The Labute approximate surface area is 130 Å². The third-order valence-electron chi connectivity index (χ3n) is 3.04. The number of amides is 1. The highest BCUT2D eigenvalue weighted by molar-refractivity contribution is 5.86. The molecule has 0 saturated carbocycles. The quantitative estimate of drug-likeness (QED) is 0.636. The minimum Gasteiger partial charge on any atom is -0.496 e. The van der Waals surface area contributed by atoms with Gasteiger partial charge in [0.1, 0.15) is 5.75 Å². The monoisotopic (exact) mass is 297 g/mol. The number of hydrogen-bond acceptors (Lipinski definition) is 4. The number of rotatable bonds is 6. The highest BCUT2D eigenvalue weighted by Crippen LogP contribution is 2.14. The van der Waals surface area contributed by atoms with Crippen molar-refractivity contribution in [3.63, 3.8) is 0 Å². The van der Waals surface area contributed by atoms with E-state index in [4.69, 9.17) is 4.74 Å². The first-order valence-electron chi connectivity index (χ1n) is 6.94. The largest absolute Gasteiger partial charge is 0.496 e. The first-order valence-corrected chi connectivity index (χ1v) is 6.94. The van der Waals surface area contributed by atoms with Crippen LogP contribution >= 0.6 is 0 Å². The standard InChI is InChI=1S/C17H19N3O2/c1-13-7-9-15(10-8-13)18-12-17(21)20-19-11-14-5-3-4-6-16(14)22-2/h3-11,18H,12H2,1-2H3,(H,20,21)/b19-11-. The van der Waals surface area contributed by atoms with E-state index >= 15 is 0 Å². The molecular weight excluding hydrogens is 278 g/mol. The Bertz CT molecular complexity index is 651. The molecule has 2 N–H and O–H groups in total. The Morgan fingerprint density at radius 2 is 1.91 bits per heavy atom. The van der Waals surface area contributed by atoms with E-state index in [1.165, 1.54) is 5.56 Å². The molecule has 0 bridgehead atoms. The third-order valence-corrected chi connectivity index (χ3v) is 3.04. The molecule has 2 aromatic carbocycles. The maximum Gasteiger partial charge on any atom is 0.259 e. The molecule has 0 spiro atoms. The van der Waals surface area contributed by atoms with E-state index in [2.05, 4.69) is 15.8 Å². The van der Waals surface area contributed by atoms with Gasteiger partial charge in [-0.1, -0.05) is 29.8 Å². The zero-order valence-electron chi connectivity index (χ0n) is 12.7. The van der Waals surface area contributed by atoms with Gasteiger partial charge in [0.2, 0.25) is 0 Å². The maximum atomic E-state index is 11.7. The number of nitrogens with zero attached hydrogens (tertiary/aromatic N) is 1. The van der Waals surface area contributed by atoms with Gasteiger partial charge in [-0.3, -0.25) is 4.79 Å². The van der Waals surface area contributed by atoms with E-state index in [-0.39, 0.29) is 12.5 Å². The second-order valence-corrected chi connectivity index (χ2v) is 4.75. The number of methoxy groups -OCH3 is 1. The third kappa shape index (κ3) is 4.63. The van der Waals surface area contributed by atoms with E-state index in [9.17, 15) is 4.79 Å². The summed E-state index contributed by atoms with van der Waals surface area (Å²) < 4.78 is 5.20. The molecule has 0 radical (unpaired) electrons. The number of carbonyl (C=O) groups excluding carboxylic acids is 1. The van der Waals surface area contributed by atoms with Crippen molar-refractivity contribution in [3.8, 4) is 5.75 Å². The van der Waals surface area contributed by atoms with Gasteiger partial charge in [0.15, 0.2) is 0 Å². The SMILES string of the molecule is COc1ccccc1/C=N\NC(=O)CNc1ccc(C)cc1. The normalized spacial score (nSPS) is 10.5. The molecule has 5 heteroatoms. The van der Waals surface area contributed by atoms with E-state index in [0.717, 1.165) is 11.3 Å². The van der Waals surface area contributed by atoms with Crippen molar-refractivity contribution in [3.05, 3.63) is 59.7 Å². The molecule has 0 unspecified atom stereocenters. The molecule has 0 aliphatic carbocycles. The van der Waals surface area contributed by atoms with Gasteiger partial charge in [-0.2, -0.15) is 5.10 Å². The van der Waals surface area contributed by atoms with Crippen molar-refractivity contribution in [2.75, 3.05) is 19.0 Å². The number of hydrogen-bond donors (Lipinski definition) is 2. The highest BCUT2D eigenvalue weighted by atomic mass is 16.5. The predicted octanol–water partition coefficient (Wildman–Crippen LogP) is 2.57. The molecule has 5 nitrogen and oxygen atoms in total. The topological polar surface area (TPSA) is 62.7 Å². The summed E-state index contributed by atoms with van der Waals surface area (Å²) in [4.78, 5) is 11.7. The summed E-state index contributed by atoms with van der Waals surface area (Å²) in [6.07, 6.45) is 1.56. The second-order valence-electron chi connectivity index (χ2n) is 4.75. The lowest BCUT2D eigenvalue weighted by Gasteiger charge is -2.06. The number of nitrogens with one attached hydrogen (secondary N) is 2. The second kappa shape index (κ2) is 7.83. The van der Waals surface area contributed by atoms with Crippen molar-refractivity contribution in [1.29, 1.82) is 0 Å². The number of para-hydroxylation sites is 1. The molecule has 1 amide bonds. The number of anilines is 1. The zero-order valence-corrected chi connectivity index (χ0v) is 12.7. The molecule has 0 atom stereocenters. The van der Waals surface area contributed by atoms with Crippen LogP contribution in [0.25, 0.3) is 0 Å². The van der Waals surface area contributed by atoms with Gasteiger partial charge in [0, 0.05) is 11.3 Å². The molecule has 22 heavy (non-hydrogen) atoms. The number of aryl methyl sites for hydroxylation is 1.